The van der Waals surface area contributed by atoms with Crippen molar-refractivity contribution >= 4 is 28.4 Å². The van der Waals surface area contributed by atoms with Crippen molar-refractivity contribution in [3.8, 4) is 0 Å². The lowest BCUT2D eigenvalue weighted by atomic mass is 9.64. The van der Waals surface area contributed by atoms with E-state index in [9.17, 15) is 4.79 Å². The molecule has 2 heteroatoms. The number of carbonyl (C=O) groups excluding carboxylic acids is 1. The van der Waals surface area contributed by atoms with Crippen molar-refractivity contribution in [2.75, 3.05) is 0 Å². The summed E-state index contributed by atoms with van der Waals surface area (Å²) < 4.78 is -0.219. The molecule has 1 unspecified atom stereocenters. The highest BCUT2D eigenvalue weighted by Crippen LogP contribution is 2.44. The van der Waals surface area contributed by atoms with Crippen molar-refractivity contribution in [1.29, 1.82) is 0 Å². The third-order valence-corrected chi connectivity index (χ3v) is 4.66. The summed E-state index contributed by atoms with van der Waals surface area (Å²) in [7, 11) is 0. The summed E-state index contributed by atoms with van der Waals surface area (Å²) in [6.07, 6.45) is 2.03. The van der Waals surface area contributed by atoms with Gasteiger partial charge < -0.3 is 0 Å². The van der Waals surface area contributed by atoms with E-state index in [1.165, 1.54) is 0 Å². The number of hydrogen-bond acceptors (Lipinski definition) is 1. The Morgan fingerprint density at radius 1 is 1.07 bits per heavy atom. The molecule has 0 fully saturated rings. The van der Waals surface area contributed by atoms with E-state index >= 15 is 0 Å². The Kier molecular flexibility index (Phi) is 4.85. The number of rotatable bonds is 4. The maximum atomic E-state index is 12.5. The van der Waals surface area contributed by atoms with Gasteiger partial charge in [0.2, 0.25) is 0 Å². The Morgan fingerprint density at radius 3 is 1.73 bits per heavy atom. The normalized spacial score (nSPS) is 17.3. The Hall–Kier alpha value is 0.400. The van der Waals surface area contributed by atoms with Crippen LogP contribution in [0.2, 0.25) is 0 Å². The Labute approximate surface area is 109 Å². The number of ketones is 1. The number of alkyl halides is 1. The van der Waals surface area contributed by atoms with Crippen molar-refractivity contribution in [3.05, 3.63) is 0 Å². The number of carbonyl (C=O) groups is 1. The van der Waals surface area contributed by atoms with Crippen molar-refractivity contribution in [2.24, 2.45) is 10.8 Å². The Morgan fingerprint density at radius 2 is 1.47 bits per heavy atom. The summed E-state index contributed by atoms with van der Waals surface area (Å²) in [6, 6.07) is 0. The zero-order valence-electron chi connectivity index (χ0n) is 11.2. The molecule has 0 saturated carbocycles. The lowest BCUT2D eigenvalue weighted by molar-refractivity contribution is -0.134. The molecule has 90 valence electrons. The molecule has 1 atom stereocenters. The average Bonchev–Trinajstić information content (AvgIpc) is 2.00. The standard InChI is InChI=1S/C13H25IO/c1-8-9-13(7,14)10(15)12(5,6)11(2,3)4/h8-9H2,1-7H3. The minimum absolute atomic E-state index is 0.0181. The molecule has 0 bridgehead atoms. The highest BCUT2D eigenvalue weighted by Gasteiger charge is 2.46. The van der Waals surface area contributed by atoms with Crippen molar-refractivity contribution in [1.82, 2.24) is 0 Å². The molecule has 0 aliphatic rings. The summed E-state index contributed by atoms with van der Waals surface area (Å²) in [6.45, 7) is 14.8. The highest BCUT2D eigenvalue weighted by atomic mass is 127. The first-order chi connectivity index (χ1) is 6.47. The molecule has 15 heavy (non-hydrogen) atoms. The van der Waals surface area contributed by atoms with Crippen LogP contribution in [-0.4, -0.2) is 9.20 Å². The van der Waals surface area contributed by atoms with Crippen molar-refractivity contribution in [2.45, 2.75) is 64.7 Å². The number of Topliss-reactive ketones (excluding diaryl/α,β-unsaturated/α-hetero) is 1. The average molecular weight is 324 g/mol. The Bertz CT molecular complexity index is 233. The molecule has 0 aromatic rings. The van der Waals surface area contributed by atoms with E-state index in [0.717, 1.165) is 12.8 Å². The summed E-state index contributed by atoms with van der Waals surface area (Å²) >= 11 is 2.32. The third-order valence-electron chi connectivity index (χ3n) is 3.64. The van der Waals surface area contributed by atoms with E-state index in [0.29, 0.717) is 5.78 Å². The molecule has 0 aliphatic heterocycles. The van der Waals surface area contributed by atoms with Crippen LogP contribution in [0.3, 0.4) is 0 Å². The molecule has 0 radical (unpaired) electrons. The van der Waals surface area contributed by atoms with Gasteiger partial charge in [0.15, 0.2) is 5.78 Å². The SMILES string of the molecule is CCCC(C)(I)C(=O)C(C)(C)C(C)(C)C. The minimum atomic E-state index is -0.266. The van der Waals surface area contributed by atoms with Gasteiger partial charge in [0.1, 0.15) is 0 Å². The summed E-state index contributed by atoms with van der Waals surface area (Å²) in [4.78, 5) is 12.5. The first-order valence-corrected chi connectivity index (χ1v) is 6.78. The summed E-state index contributed by atoms with van der Waals surface area (Å²) in [5.74, 6) is 0.380. The minimum Gasteiger partial charge on any atom is -0.298 e. The summed E-state index contributed by atoms with van der Waals surface area (Å²) in [5, 5.41) is 0. The molecular weight excluding hydrogens is 299 g/mol. The molecule has 1 nitrogen and oxygen atoms in total. The molecule has 0 aromatic carbocycles. The fourth-order valence-electron chi connectivity index (χ4n) is 1.58. The van der Waals surface area contributed by atoms with Crippen LogP contribution in [0.4, 0.5) is 0 Å². The molecule has 0 saturated heterocycles. The van der Waals surface area contributed by atoms with E-state index in [2.05, 4.69) is 71.1 Å². The fraction of sp³-hybridized carbons (Fsp3) is 0.923. The third kappa shape index (κ3) is 3.43. The smallest absolute Gasteiger partial charge is 0.154 e. The van der Waals surface area contributed by atoms with Crippen molar-refractivity contribution in [3.63, 3.8) is 0 Å². The van der Waals surface area contributed by atoms with Crippen LogP contribution in [0.25, 0.3) is 0 Å². The van der Waals surface area contributed by atoms with Crippen LogP contribution < -0.4 is 0 Å². The second kappa shape index (κ2) is 4.72. The molecule has 0 spiro atoms. The first-order valence-electron chi connectivity index (χ1n) is 5.70. The maximum absolute atomic E-state index is 12.5. The van der Waals surface area contributed by atoms with Crippen LogP contribution in [-0.2, 0) is 4.79 Å². The van der Waals surface area contributed by atoms with Crippen LogP contribution in [0.15, 0.2) is 0 Å². The predicted molar refractivity (Wildman–Crippen MR) is 75.6 cm³/mol. The zero-order valence-corrected chi connectivity index (χ0v) is 13.4. The fourth-order valence-corrected chi connectivity index (χ4v) is 2.79. The molecule has 0 heterocycles. The zero-order chi connectivity index (χ0) is 12.5. The van der Waals surface area contributed by atoms with Gasteiger partial charge in [-0.1, -0.05) is 70.6 Å². The van der Waals surface area contributed by atoms with E-state index in [-0.39, 0.29) is 14.3 Å². The monoisotopic (exact) mass is 324 g/mol. The lowest BCUT2D eigenvalue weighted by Gasteiger charge is -2.41. The Balaban J connectivity index is 5.01. The van der Waals surface area contributed by atoms with Gasteiger partial charge in [0.25, 0.3) is 0 Å². The van der Waals surface area contributed by atoms with Gasteiger partial charge in [-0.05, 0) is 18.8 Å². The van der Waals surface area contributed by atoms with Crippen LogP contribution in [0.1, 0.15) is 61.3 Å². The van der Waals surface area contributed by atoms with Gasteiger partial charge in [-0.3, -0.25) is 4.79 Å². The van der Waals surface area contributed by atoms with E-state index < -0.39 is 0 Å². The molecule has 0 aromatic heterocycles. The van der Waals surface area contributed by atoms with Gasteiger partial charge in [-0.15, -0.1) is 0 Å². The largest absolute Gasteiger partial charge is 0.298 e. The maximum Gasteiger partial charge on any atom is 0.154 e. The van der Waals surface area contributed by atoms with Gasteiger partial charge in [0.05, 0.1) is 3.42 Å². The quantitative estimate of drug-likeness (QED) is 0.545. The van der Waals surface area contributed by atoms with E-state index in [1.807, 2.05) is 0 Å². The summed E-state index contributed by atoms with van der Waals surface area (Å²) in [5.41, 5.74) is -0.248. The molecule has 0 N–H and O–H groups in total. The second-order valence-corrected chi connectivity index (χ2v) is 8.53. The molecule has 0 rings (SSSR count). The van der Waals surface area contributed by atoms with Gasteiger partial charge >= 0.3 is 0 Å². The van der Waals surface area contributed by atoms with E-state index in [1.54, 1.807) is 0 Å². The van der Waals surface area contributed by atoms with Gasteiger partial charge in [-0.25, -0.2) is 0 Å². The van der Waals surface area contributed by atoms with Crippen LogP contribution in [0.5, 0.6) is 0 Å². The molecular formula is C13H25IO. The van der Waals surface area contributed by atoms with Gasteiger partial charge in [-0.2, -0.15) is 0 Å². The topological polar surface area (TPSA) is 17.1 Å². The number of halogens is 1. The second-order valence-electron chi connectivity index (χ2n) is 6.15. The van der Waals surface area contributed by atoms with E-state index in [4.69, 9.17) is 0 Å². The van der Waals surface area contributed by atoms with Gasteiger partial charge in [0, 0.05) is 5.41 Å². The number of hydrogen-bond donors (Lipinski definition) is 0. The van der Waals surface area contributed by atoms with Crippen molar-refractivity contribution < 1.29 is 4.79 Å². The van der Waals surface area contributed by atoms with Crippen LogP contribution >= 0.6 is 22.6 Å². The first kappa shape index (κ1) is 15.4. The predicted octanol–water partition coefficient (Wildman–Crippen LogP) is 4.62. The lowest BCUT2D eigenvalue weighted by Crippen LogP contribution is -2.46. The van der Waals surface area contributed by atoms with Crippen LogP contribution in [0, 0.1) is 10.8 Å². The molecule has 0 amide bonds. The highest BCUT2D eigenvalue weighted by molar-refractivity contribution is 14.1. The molecule has 0 aliphatic carbocycles.